The smallest absolute Gasteiger partial charge is 0.373 e. The van der Waals surface area contributed by atoms with E-state index in [-0.39, 0.29) is 0 Å². The van der Waals surface area contributed by atoms with Crippen molar-refractivity contribution in [2.75, 3.05) is 11.9 Å². The first kappa shape index (κ1) is 20.5. The summed E-state index contributed by atoms with van der Waals surface area (Å²) in [5.74, 6) is 0. The molecular weight excluding hydrogens is 432 g/mol. The zero-order valence-corrected chi connectivity index (χ0v) is 13.9. The van der Waals surface area contributed by atoms with Gasteiger partial charge in [0.1, 0.15) is 16.3 Å². The summed E-state index contributed by atoms with van der Waals surface area (Å²) < 4.78 is -2.82. The van der Waals surface area contributed by atoms with Crippen molar-refractivity contribution >= 4 is 38.7 Å². The number of benzene rings is 1. The Labute approximate surface area is 149 Å². The predicted octanol–water partition coefficient (Wildman–Crippen LogP) is 1.82. The summed E-state index contributed by atoms with van der Waals surface area (Å²) in [6, 6.07) is 0.912. The number of nitro benzene ring substituents is 3. The van der Waals surface area contributed by atoms with E-state index in [9.17, 15) is 50.6 Å². The Balaban J connectivity index is 3.29. The van der Waals surface area contributed by atoms with Crippen LogP contribution in [0, 0.1) is 50.6 Å². The van der Waals surface area contributed by atoms with Crippen molar-refractivity contribution in [3.05, 3.63) is 62.7 Å². The number of nitrogens with zero attached hydrogens (tertiary/aromatic N) is 5. The minimum Gasteiger partial charge on any atom is -0.373 e. The molecule has 0 bridgehead atoms. The van der Waals surface area contributed by atoms with Gasteiger partial charge in [-0.15, -0.1) is 0 Å². The molecule has 0 aliphatic carbocycles. The van der Waals surface area contributed by atoms with Crippen LogP contribution in [0.15, 0.2) is 12.1 Å². The van der Waals surface area contributed by atoms with Crippen LogP contribution in [0.25, 0.3) is 0 Å². The number of anilines is 1. The minimum atomic E-state index is -2.82. The first-order chi connectivity index (χ1) is 11.9. The Kier molecular flexibility index (Phi) is 6.00. The van der Waals surface area contributed by atoms with Crippen LogP contribution in [-0.4, -0.2) is 35.7 Å². The number of halogens is 1. The van der Waals surface area contributed by atoms with E-state index < -0.39 is 64.9 Å². The largest absolute Gasteiger partial charge is 0.512 e. The second-order valence-corrected chi connectivity index (χ2v) is 5.81. The lowest BCUT2D eigenvalue weighted by Gasteiger charge is -2.12. The van der Waals surface area contributed by atoms with Gasteiger partial charge in [0.25, 0.3) is 5.69 Å². The molecule has 0 unspecified atom stereocenters. The summed E-state index contributed by atoms with van der Waals surface area (Å²) in [4.78, 5) is 48.5. The summed E-state index contributed by atoms with van der Waals surface area (Å²) in [5, 5.41) is 56.5. The molecule has 0 saturated carbocycles. The molecule has 0 aromatic heterocycles. The molecule has 1 N–H and O–H groups in total. The molecule has 1 aromatic carbocycles. The number of alkyl halides is 1. The van der Waals surface area contributed by atoms with Crippen LogP contribution < -0.4 is 5.32 Å². The number of nitro groups is 5. The fourth-order valence-corrected chi connectivity index (χ4v) is 1.97. The van der Waals surface area contributed by atoms with Crippen LogP contribution in [0.4, 0.5) is 22.7 Å². The van der Waals surface area contributed by atoms with Gasteiger partial charge in [-0.1, -0.05) is 0 Å². The van der Waals surface area contributed by atoms with Crippen molar-refractivity contribution in [1.29, 1.82) is 0 Å². The molecule has 0 radical (unpaired) electrons. The lowest BCUT2D eigenvalue weighted by atomic mass is 10.2. The van der Waals surface area contributed by atoms with Gasteiger partial charge >= 0.3 is 15.9 Å². The normalized spacial score (nSPS) is 10.8. The Morgan fingerprint density at radius 1 is 0.846 bits per heavy atom. The highest BCUT2D eigenvalue weighted by atomic mass is 79.9. The van der Waals surface area contributed by atoms with E-state index >= 15 is 0 Å². The number of nitrogens with one attached hydrogen (secondary N) is 1. The Hall–Kier alpha value is -3.50. The molecule has 26 heavy (non-hydrogen) atoms. The van der Waals surface area contributed by atoms with Gasteiger partial charge in [0.05, 0.1) is 42.8 Å². The molecule has 0 saturated heterocycles. The molecular formula is C9H7BrN6O10. The molecule has 0 heterocycles. The average molecular weight is 439 g/mol. The SMILES string of the molecule is O=[N+]([O-])c1cc([N+](=O)[O-])c(NCCC(Br)([N+](=O)[O-])[N+](=O)[O-])c([N+](=O)[O-])c1. The molecule has 0 aliphatic rings. The Bertz CT molecular complexity index is 763. The average Bonchev–Trinajstić information content (AvgIpc) is 2.53. The predicted molar refractivity (Wildman–Crippen MR) is 85.2 cm³/mol. The van der Waals surface area contributed by atoms with Crippen LogP contribution in [0.1, 0.15) is 6.42 Å². The standard InChI is InChI=1S/C9H7BrN6O10/c10-9(15(23)24,16(25)26)1-2-11-8-6(13(19)20)3-5(12(17)18)4-7(8)14(21)22/h3-4,11H,1-2H2. The van der Waals surface area contributed by atoms with Gasteiger partial charge in [-0.3, -0.25) is 50.6 Å². The van der Waals surface area contributed by atoms with E-state index in [1.165, 1.54) is 0 Å². The van der Waals surface area contributed by atoms with Crippen LogP contribution in [-0.2, 0) is 0 Å². The van der Waals surface area contributed by atoms with Crippen molar-refractivity contribution in [3.8, 4) is 0 Å². The first-order valence-corrected chi connectivity index (χ1v) is 7.04. The summed E-state index contributed by atoms with van der Waals surface area (Å²) in [7, 11) is 0. The highest BCUT2D eigenvalue weighted by molar-refractivity contribution is 9.09. The molecule has 1 rings (SSSR count). The molecule has 0 atom stereocenters. The van der Waals surface area contributed by atoms with Crippen molar-refractivity contribution in [2.45, 2.75) is 11.0 Å². The third-order valence-corrected chi connectivity index (χ3v) is 3.97. The molecule has 16 nitrogen and oxygen atoms in total. The van der Waals surface area contributed by atoms with Gasteiger partial charge in [0.15, 0.2) is 5.69 Å². The maximum absolute atomic E-state index is 11.0. The molecule has 140 valence electrons. The van der Waals surface area contributed by atoms with E-state index in [0.717, 1.165) is 0 Å². The summed E-state index contributed by atoms with van der Waals surface area (Å²) in [6.07, 6.45) is -0.849. The van der Waals surface area contributed by atoms with Crippen molar-refractivity contribution < 1.29 is 24.6 Å². The number of non-ortho nitro benzene ring substituents is 1. The lowest BCUT2D eigenvalue weighted by Crippen LogP contribution is -2.41. The van der Waals surface area contributed by atoms with Crippen LogP contribution in [0.2, 0.25) is 0 Å². The molecule has 1 aromatic rings. The first-order valence-electron chi connectivity index (χ1n) is 6.24. The third kappa shape index (κ3) is 4.12. The van der Waals surface area contributed by atoms with E-state index in [4.69, 9.17) is 0 Å². The molecule has 0 fully saturated rings. The van der Waals surface area contributed by atoms with E-state index in [1.807, 2.05) is 0 Å². The zero-order chi connectivity index (χ0) is 20.2. The van der Waals surface area contributed by atoms with Crippen molar-refractivity contribution in [2.24, 2.45) is 0 Å². The third-order valence-electron chi connectivity index (χ3n) is 2.99. The maximum atomic E-state index is 11.0. The van der Waals surface area contributed by atoms with Crippen LogP contribution in [0.3, 0.4) is 0 Å². The molecule has 0 amide bonds. The Morgan fingerprint density at radius 2 is 1.27 bits per heavy atom. The van der Waals surface area contributed by atoms with Gasteiger partial charge in [0.2, 0.25) is 0 Å². The number of hydrogen-bond acceptors (Lipinski definition) is 11. The minimum absolute atomic E-state index is 0.456. The van der Waals surface area contributed by atoms with Crippen LogP contribution >= 0.6 is 15.9 Å². The summed E-state index contributed by atoms with van der Waals surface area (Å²) >= 11 is 2.32. The fourth-order valence-electron chi connectivity index (χ4n) is 1.77. The van der Waals surface area contributed by atoms with Gasteiger partial charge < -0.3 is 5.32 Å². The molecule has 17 heteroatoms. The second-order valence-electron chi connectivity index (χ2n) is 4.54. The highest BCUT2D eigenvalue weighted by Crippen LogP contribution is 2.38. The Morgan fingerprint density at radius 3 is 1.58 bits per heavy atom. The summed E-state index contributed by atoms with van der Waals surface area (Å²) in [5.41, 5.74) is -3.76. The molecule has 0 spiro atoms. The van der Waals surface area contributed by atoms with Gasteiger partial charge in [-0.25, -0.2) is 0 Å². The van der Waals surface area contributed by atoms with Crippen molar-refractivity contribution in [1.82, 2.24) is 0 Å². The monoisotopic (exact) mass is 438 g/mol. The van der Waals surface area contributed by atoms with Gasteiger partial charge in [0, 0.05) is 6.54 Å². The topological polar surface area (TPSA) is 228 Å². The highest BCUT2D eigenvalue weighted by Gasteiger charge is 2.53. The summed E-state index contributed by atoms with van der Waals surface area (Å²) in [6.45, 7) is -0.660. The van der Waals surface area contributed by atoms with E-state index in [2.05, 4.69) is 21.2 Å². The number of rotatable bonds is 9. The lowest BCUT2D eigenvalue weighted by molar-refractivity contribution is -0.758. The van der Waals surface area contributed by atoms with E-state index in [0.29, 0.717) is 12.1 Å². The fraction of sp³-hybridized carbons (Fsp3) is 0.333. The van der Waals surface area contributed by atoms with Crippen LogP contribution in [0.5, 0.6) is 0 Å². The van der Waals surface area contributed by atoms with Gasteiger partial charge in [-0.05, 0) is 0 Å². The number of hydrogen-bond donors (Lipinski definition) is 1. The van der Waals surface area contributed by atoms with E-state index in [1.54, 1.807) is 0 Å². The zero-order valence-electron chi connectivity index (χ0n) is 12.3. The van der Waals surface area contributed by atoms with Crippen molar-refractivity contribution in [3.63, 3.8) is 0 Å². The molecule has 0 aliphatic heterocycles. The maximum Gasteiger partial charge on any atom is 0.512 e. The van der Waals surface area contributed by atoms with Gasteiger partial charge in [-0.2, -0.15) is 0 Å². The quantitative estimate of drug-likeness (QED) is 0.192. The second kappa shape index (κ2) is 7.59.